The summed E-state index contributed by atoms with van der Waals surface area (Å²) in [6.45, 7) is 8.56. The monoisotopic (exact) mass is 150 g/mol. The van der Waals surface area contributed by atoms with Gasteiger partial charge in [0.1, 0.15) is 11.2 Å². The normalized spacial score (nSPS) is 47.6. The molecule has 2 atom stereocenters. The second-order valence-electron chi connectivity index (χ2n) is 3.90. The van der Waals surface area contributed by atoms with Crippen LogP contribution in [0.15, 0.2) is 23.3 Å². The Hall–Kier alpha value is -0.560. The Morgan fingerprint density at radius 1 is 1.00 bits per heavy atom. The zero-order valence-electron chi connectivity index (χ0n) is 7.56. The second kappa shape index (κ2) is 1.61. The number of fused-ring (bicyclic) bond motifs is 2. The smallest absolute Gasteiger partial charge is 0.106 e. The van der Waals surface area contributed by atoms with Gasteiger partial charge in [-0.15, -0.1) is 0 Å². The molecule has 0 radical (unpaired) electrons. The van der Waals surface area contributed by atoms with Crippen LogP contribution < -0.4 is 0 Å². The van der Waals surface area contributed by atoms with Gasteiger partial charge in [-0.25, -0.2) is 0 Å². The molecule has 0 aliphatic carbocycles. The lowest BCUT2D eigenvalue weighted by Crippen LogP contribution is -2.24. The van der Waals surface area contributed by atoms with Gasteiger partial charge in [-0.2, -0.15) is 0 Å². The van der Waals surface area contributed by atoms with E-state index in [2.05, 4.69) is 39.8 Å². The molecule has 2 bridgehead atoms. The van der Waals surface area contributed by atoms with Gasteiger partial charge in [-0.3, -0.25) is 0 Å². The quantitative estimate of drug-likeness (QED) is 0.482. The summed E-state index contributed by atoms with van der Waals surface area (Å²) in [5.41, 5.74) is 2.56. The third-order valence-electron chi connectivity index (χ3n) is 3.20. The first-order valence-electron chi connectivity index (χ1n) is 4.07. The van der Waals surface area contributed by atoms with Crippen LogP contribution in [-0.4, -0.2) is 11.2 Å². The fourth-order valence-electron chi connectivity index (χ4n) is 1.97. The van der Waals surface area contributed by atoms with Crippen molar-refractivity contribution in [1.82, 2.24) is 0 Å². The lowest BCUT2D eigenvalue weighted by molar-refractivity contribution is -0.00238. The molecule has 2 heterocycles. The number of rotatable bonds is 0. The number of hydrogen-bond donors (Lipinski definition) is 0. The van der Waals surface area contributed by atoms with Crippen LogP contribution in [0.4, 0.5) is 0 Å². The van der Waals surface area contributed by atoms with Crippen LogP contribution in [-0.2, 0) is 4.74 Å². The van der Waals surface area contributed by atoms with Crippen LogP contribution in [0.1, 0.15) is 27.7 Å². The molecule has 2 unspecified atom stereocenters. The maximum Gasteiger partial charge on any atom is 0.106 e. The van der Waals surface area contributed by atoms with E-state index in [1.54, 1.807) is 0 Å². The third kappa shape index (κ3) is 0.646. The molecule has 0 aromatic rings. The lowest BCUT2D eigenvalue weighted by Gasteiger charge is -2.20. The molecule has 2 aliphatic rings. The van der Waals surface area contributed by atoms with Gasteiger partial charge in [0.2, 0.25) is 0 Å². The lowest BCUT2D eigenvalue weighted by atomic mass is 9.85. The van der Waals surface area contributed by atoms with E-state index in [1.165, 1.54) is 11.1 Å². The van der Waals surface area contributed by atoms with E-state index in [1.807, 2.05) is 0 Å². The summed E-state index contributed by atoms with van der Waals surface area (Å²) in [6.07, 6.45) is 4.32. The highest BCUT2D eigenvalue weighted by atomic mass is 16.5. The van der Waals surface area contributed by atoms with Gasteiger partial charge in [-0.1, -0.05) is 0 Å². The molecule has 0 amide bonds. The molecule has 0 N–H and O–H groups in total. The maximum absolute atomic E-state index is 5.89. The van der Waals surface area contributed by atoms with Crippen LogP contribution in [0, 0.1) is 0 Å². The number of hydrogen-bond acceptors (Lipinski definition) is 1. The minimum Gasteiger partial charge on any atom is -0.352 e. The van der Waals surface area contributed by atoms with Crippen LogP contribution in [0.2, 0.25) is 0 Å². The highest BCUT2D eigenvalue weighted by Gasteiger charge is 2.48. The predicted octanol–water partition coefficient (Wildman–Crippen LogP) is 2.44. The Morgan fingerprint density at radius 2 is 1.36 bits per heavy atom. The highest BCUT2D eigenvalue weighted by molar-refractivity contribution is 5.46. The summed E-state index contributed by atoms with van der Waals surface area (Å²) >= 11 is 0. The van der Waals surface area contributed by atoms with Gasteiger partial charge in [-0.05, 0) is 51.0 Å². The topological polar surface area (TPSA) is 9.23 Å². The van der Waals surface area contributed by atoms with Crippen molar-refractivity contribution >= 4 is 0 Å². The van der Waals surface area contributed by atoms with Crippen molar-refractivity contribution < 1.29 is 4.74 Å². The SMILES string of the molecule is CC1=C(C)C2(C)C=CC1(C)O2. The van der Waals surface area contributed by atoms with Crippen molar-refractivity contribution in [3.8, 4) is 0 Å². The van der Waals surface area contributed by atoms with Crippen LogP contribution in [0.5, 0.6) is 0 Å². The van der Waals surface area contributed by atoms with Crippen LogP contribution in [0.25, 0.3) is 0 Å². The Labute approximate surface area is 67.7 Å². The Bertz CT molecular complexity index is 249. The molecule has 60 valence electrons. The van der Waals surface area contributed by atoms with E-state index in [4.69, 9.17) is 4.74 Å². The van der Waals surface area contributed by atoms with E-state index in [0.717, 1.165) is 0 Å². The predicted molar refractivity (Wildman–Crippen MR) is 45.4 cm³/mol. The van der Waals surface area contributed by atoms with Crippen molar-refractivity contribution in [1.29, 1.82) is 0 Å². The zero-order valence-corrected chi connectivity index (χ0v) is 7.56. The third-order valence-corrected chi connectivity index (χ3v) is 3.20. The molecule has 0 aromatic carbocycles. The van der Waals surface area contributed by atoms with E-state index >= 15 is 0 Å². The summed E-state index contributed by atoms with van der Waals surface area (Å²) in [7, 11) is 0. The van der Waals surface area contributed by atoms with Crippen LogP contribution >= 0.6 is 0 Å². The summed E-state index contributed by atoms with van der Waals surface area (Å²) in [5.74, 6) is 0. The van der Waals surface area contributed by atoms with Crippen LogP contribution in [0.3, 0.4) is 0 Å². The minimum absolute atomic E-state index is 0.0984. The molecule has 1 nitrogen and oxygen atoms in total. The van der Waals surface area contributed by atoms with Gasteiger partial charge >= 0.3 is 0 Å². The highest BCUT2D eigenvalue weighted by Crippen LogP contribution is 2.48. The van der Waals surface area contributed by atoms with Crippen molar-refractivity contribution in [3.05, 3.63) is 23.3 Å². The van der Waals surface area contributed by atoms with Gasteiger partial charge in [0.25, 0.3) is 0 Å². The summed E-state index contributed by atoms with van der Waals surface area (Å²) < 4.78 is 5.89. The zero-order chi connectivity index (χ0) is 8.28. The minimum atomic E-state index is -0.0984. The van der Waals surface area contributed by atoms with Crippen molar-refractivity contribution in [2.24, 2.45) is 0 Å². The first-order valence-corrected chi connectivity index (χ1v) is 4.07. The molecule has 2 aliphatic heterocycles. The fourth-order valence-corrected chi connectivity index (χ4v) is 1.97. The number of ether oxygens (including phenoxy) is 1. The molecule has 0 saturated carbocycles. The summed E-state index contributed by atoms with van der Waals surface area (Å²) in [6, 6.07) is 0. The Balaban J connectivity index is 2.58. The van der Waals surface area contributed by atoms with Gasteiger partial charge in [0.05, 0.1) is 0 Å². The molecule has 1 heteroatoms. The molecule has 0 aromatic heterocycles. The summed E-state index contributed by atoms with van der Waals surface area (Å²) in [4.78, 5) is 0. The van der Waals surface area contributed by atoms with Crippen molar-refractivity contribution in [3.63, 3.8) is 0 Å². The first kappa shape index (κ1) is 7.11. The maximum atomic E-state index is 5.89. The van der Waals surface area contributed by atoms with E-state index in [0.29, 0.717) is 0 Å². The molecular formula is C10H14O. The van der Waals surface area contributed by atoms with Crippen molar-refractivity contribution in [2.45, 2.75) is 38.9 Å². The molecule has 0 saturated heterocycles. The molecule has 2 rings (SSSR count). The van der Waals surface area contributed by atoms with E-state index < -0.39 is 0 Å². The molecule has 11 heavy (non-hydrogen) atoms. The average molecular weight is 150 g/mol. The molecule has 0 fully saturated rings. The molecular weight excluding hydrogens is 136 g/mol. The Morgan fingerprint density at radius 3 is 1.55 bits per heavy atom. The van der Waals surface area contributed by atoms with Gasteiger partial charge < -0.3 is 4.74 Å². The Kier molecular flexibility index (Phi) is 1.04. The van der Waals surface area contributed by atoms with Gasteiger partial charge in [0, 0.05) is 0 Å². The fraction of sp³-hybridized carbons (Fsp3) is 0.600. The largest absolute Gasteiger partial charge is 0.352 e. The average Bonchev–Trinajstić information content (AvgIpc) is 2.32. The van der Waals surface area contributed by atoms with E-state index in [-0.39, 0.29) is 11.2 Å². The van der Waals surface area contributed by atoms with Gasteiger partial charge in [0.15, 0.2) is 0 Å². The summed E-state index contributed by atoms with van der Waals surface area (Å²) in [5, 5.41) is 0. The van der Waals surface area contributed by atoms with E-state index in [9.17, 15) is 0 Å². The first-order chi connectivity index (χ1) is 4.98. The standard InChI is InChI=1S/C10H14O/c1-7-8(2)10(4)6-5-9(7,3)11-10/h5-6H,1-4H3. The second-order valence-corrected chi connectivity index (χ2v) is 3.90. The van der Waals surface area contributed by atoms with Crippen molar-refractivity contribution in [2.75, 3.05) is 0 Å². The molecule has 0 spiro atoms.